The van der Waals surface area contributed by atoms with Crippen LogP contribution < -0.4 is 4.90 Å². The van der Waals surface area contributed by atoms with E-state index in [0.717, 1.165) is 17.1 Å². The van der Waals surface area contributed by atoms with Crippen LogP contribution in [-0.4, -0.2) is 4.57 Å². The molecule has 0 bridgehead atoms. The average molecular weight is 917 g/mol. The number of para-hydroxylation sites is 1. The predicted octanol–water partition coefficient (Wildman–Crippen LogP) is 18.2. The van der Waals surface area contributed by atoms with Crippen molar-refractivity contribution in [3.05, 3.63) is 288 Å². The molecule has 2 nitrogen and oxygen atoms in total. The van der Waals surface area contributed by atoms with Crippen molar-refractivity contribution in [2.24, 2.45) is 0 Å². The Morgan fingerprint density at radius 3 is 1.38 bits per heavy atom. The third-order valence-electron chi connectivity index (χ3n) is 16.4. The SMILES string of the molecule is CC1(C)c2ccccc2-c2c3c(cc(-n4c5ccc(-c6ccccc6)cc5c5cc(N(c6ccccc6)c6ccc(-c7ccccc7)cc6)ccc54)c21)C1(c2ccccc2-c2ccccc21)c1ccccc1-3. The van der Waals surface area contributed by atoms with E-state index in [0.29, 0.717) is 0 Å². The van der Waals surface area contributed by atoms with Gasteiger partial charge < -0.3 is 9.47 Å². The molecule has 0 radical (unpaired) electrons. The van der Waals surface area contributed by atoms with Crippen LogP contribution in [0.2, 0.25) is 0 Å². The van der Waals surface area contributed by atoms with Crippen molar-refractivity contribution < 1.29 is 0 Å². The molecule has 3 aliphatic carbocycles. The molecule has 1 spiro atoms. The quantitative estimate of drug-likeness (QED) is 0.161. The number of rotatable bonds is 6. The molecule has 11 aromatic carbocycles. The first-order chi connectivity index (χ1) is 35.5. The summed E-state index contributed by atoms with van der Waals surface area (Å²) in [6, 6.07) is 95.1. The van der Waals surface area contributed by atoms with E-state index in [4.69, 9.17) is 0 Å². The van der Waals surface area contributed by atoms with E-state index in [9.17, 15) is 0 Å². The number of hydrogen-bond donors (Lipinski definition) is 0. The summed E-state index contributed by atoms with van der Waals surface area (Å²) in [6.07, 6.45) is 0. The van der Waals surface area contributed by atoms with Crippen molar-refractivity contribution >= 4 is 38.9 Å². The minimum Gasteiger partial charge on any atom is -0.310 e. The van der Waals surface area contributed by atoms with Crippen LogP contribution in [0.25, 0.3) is 83.1 Å². The van der Waals surface area contributed by atoms with Gasteiger partial charge in [-0.05, 0) is 150 Å². The van der Waals surface area contributed by atoms with Gasteiger partial charge in [-0.3, -0.25) is 0 Å². The molecule has 12 aromatic rings. The van der Waals surface area contributed by atoms with E-state index in [1.165, 1.54) is 117 Å². The second-order valence-corrected chi connectivity index (χ2v) is 20.3. The molecule has 0 unspecified atom stereocenters. The lowest BCUT2D eigenvalue weighted by Gasteiger charge is -2.32. The smallest absolute Gasteiger partial charge is 0.0726 e. The van der Waals surface area contributed by atoms with Crippen LogP contribution in [0.5, 0.6) is 0 Å². The fourth-order valence-corrected chi connectivity index (χ4v) is 13.4. The van der Waals surface area contributed by atoms with Gasteiger partial charge in [-0.15, -0.1) is 0 Å². The van der Waals surface area contributed by atoms with Crippen LogP contribution in [0.1, 0.15) is 47.2 Å². The van der Waals surface area contributed by atoms with Crippen LogP contribution in [0, 0.1) is 0 Å². The summed E-state index contributed by atoms with van der Waals surface area (Å²) in [6.45, 7) is 4.90. The lowest BCUT2D eigenvalue weighted by molar-refractivity contribution is 0.656. The second-order valence-electron chi connectivity index (χ2n) is 20.3. The molecule has 0 aliphatic heterocycles. The minimum atomic E-state index is -0.511. The van der Waals surface area contributed by atoms with Gasteiger partial charge in [0, 0.05) is 33.2 Å². The van der Waals surface area contributed by atoms with Crippen LogP contribution in [0.3, 0.4) is 0 Å². The number of aromatic nitrogens is 1. The maximum Gasteiger partial charge on any atom is 0.0726 e. The van der Waals surface area contributed by atoms with E-state index < -0.39 is 5.41 Å². The molecule has 0 fully saturated rings. The van der Waals surface area contributed by atoms with Crippen molar-refractivity contribution in [1.82, 2.24) is 4.57 Å². The standard InChI is InChI=1S/C70H48N2/c1-69(2)58-30-16-14-28-54(58)67-66-55-29-15-19-33-61(55)70(59-31-17-12-26-52(59)53-27-13-18-32-60(53)70)62(66)44-65(68(67)69)72-63-40-36-48(46-22-8-4-9-23-46)42-56(63)57-43-51(39-41-64(57)72)71(49-24-10-5-11-25-49)50-37-34-47(35-38-50)45-20-6-3-7-21-45/h3-44H,1-2H3. The monoisotopic (exact) mass is 916 g/mol. The Morgan fingerprint density at radius 2 is 0.750 bits per heavy atom. The largest absolute Gasteiger partial charge is 0.310 e. The van der Waals surface area contributed by atoms with Gasteiger partial charge in [-0.25, -0.2) is 0 Å². The zero-order valence-corrected chi connectivity index (χ0v) is 40.1. The summed E-state index contributed by atoms with van der Waals surface area (Å²) >= 11 is 0. The van der Waals surface area contributed by atoms with Crippen LogP contribution >= 0.6 is 0 Å². The topological polar surface area (TPSA) is 8.17 Å². The maximum absolute atomic E-state index is 2.63. The third kappa shape index (κ3) is 5.55. The molecular formula is C70H48N2. The van der Waals surface area contributed by atoms with Crippen LogP contribution in [0.4, 0.5) is 17.1 Å². The molecule has 338 valence electrons. The molecule has 0 saturated carbocycles. The van der Waals surface area contributed by atoms with E-state index >= 15 is 0 Å². The molecule has 15 rings (SSSR count). The highest BCUT2D eigenvalue weighted by Gasteiger charge is 2.54. The summed E-state index contributed by atoms with van der Waals surface area (Å²) in [4.78, 5) is 2.40. The van der Waals surface area contributed by atoms with E-state index in [1.54, 1.807) is 0 Å². The summed E-state index contributed by atoms with van der Waals surface area (Å²) in [5.41, 5.74) is 27.0. The van der Waals surface area contributed by atoms with Gasteiger partial charge in [0.05, 0.1) is 22.1 Å². The Labute approximate surface area is 420 Å². The van der Waals surface area contributed by atoms with Crippen LogP contribution in [-0.2, 0) is 10.8 Å². The van der Waals surface area contributed by atoms with Crippen molar-refractivity contribution in [3.63, 3.8) is 0 Å². The number of nitrogens with zero attached hydrogens (tertiary/aromatic N) is 2. The first kappa shape index (κ1) is 40.9. The lowest BCUT2D eigenvalue weighted by Crippen LogP contribution is -2.26. The fourth-order valence-electron chi connectivity index (χ4n) is 13.4. The van der Waals surface area contributed by atoms with E-state index in [2.05, 4.69) is 278 Å². The molecule has 1 aromatic heterocycles. The summed E-state index contributed by atoms with van der Waals surface area (Å²) < 4.78 is 2.63. The Hall–Kier alpha value is -8.98. The average Bonchev–Trinajstić information content (AvgIpc) is 4.11. The van der Waals surface area contributed by atoms with Gasteiger partial charge in [0.2, 0.25) is 0 Å². The summed E-state index contributed by atoms with van der Waals surface area (Å²) in [5.74, 6) is 0. The first-order valence-electron chi connectivity index (χ1n) is 25.3. The zero-order chi connectivity index (χ0) is 47.7. The van der Waals surface area contributed by atoms with E-state index in [1.807, 2.05) is 0 Å². The molecule has 1 heterocycles. The fraction of sp³-hybridized carbons (Fsp3) is 0.0571. The van der Waals surface area contributed by atoms with E-state index in [-0.39, 0.29) is 5.41 Å². The molecule has 0 N–H and O–H groups in total. The third-order valence-corrected chi connectivity index (χ3v) is 16.4. The molecular weight excluding hydrogens is 869 g/mol. The zero-order valence-electron chi connectivity index (χ0n) is 40.1. The molecule has 0 amide bonds. The van der Waals surface area contributed by atoms with Gasteiger partial charge in [-0.2, -0.15) is 0 Å². The maximum atomic E-state index is 2.63. The minimum absolute atomic E-state index is 0.310. The Balaban J connectivity index is 1.05. The van der Waals surface area contributed by atoms with Gasteiger partial charge in [-0.1, -0.05) is 208 Å². The van der Waals surface area contributed by atoms with Crippen LogP contribution in [0.15, 0.2) is 255 Å². The Kier molecular flexibility index (Phi) is 8.66. The number of benzene rings is 11. The molecule has 72 heavy (non-hydrogen) atoms. The second kappa shape index (κ2) is 15.3. The van der Waals surface area contributed by atoms with Crippen molar-refractivity contribution in [2.75, 3.05) is 4.90 Å². The highest BCUT2D eigenvalue weighted by Crippen LogP contribution is 2.67. The van der Waals surface area contributed by atoms with Crippen molar-refractivity contribution in [2.45, 2.75) is 24.7 Å². The van der Waals surface area contributed by atoms with Gasteiger partial charge in [0.25, 0.3) is 0 Å². The van der Waals surface area contributed by atoms with Crippen molar-refractivity contribution in [3.8, 4) is 61.3 Å². The number of hydrogen-bond acceptors (Lipinski definition) is 1. The lowest BCUT2D eigenvalue weighted by atomic mass is 9.70. The van der Waals surface area contributed by atoms with Gasteiger partial charge >= 0.3 is 0 Å². The molecule has 0 atom stereocenters. The van der Waals surface area contributed by atoms with Crippen molar-refractivity contribution in [1.29, 1.82) is 0 Å². The molecule has 2 heteroatoms. The molecule has 0 saturated heterocycles. The Morgan fingerprint density at radius 1 is 0.319 bits per heavy atom. The van der Waals surface area contributed by atoms with Gasteiger partial charge in [0.15, 0.2) is 0 Å². The molecule has 3 aliphatic rings. The Bertz CT molecular complexity index is 4120. The number of anilines is 3. The summed E-state index contributed by atoms with van der Waals surface area (Å²) in [5, 5.41) is 2.43. The normalized spacial score (nSPS) is 13.9. The first-order valence-corrected chi connectivity index (χ1v) is 25.3. The highest BCUT2D eigenvalue weighted by atomic mass is 15.1. The highest BCUT2D eigenvalue weighted by molar-refractivity contribution is 6.13. The van der Waals surface area contributed by atoms with Gasteiger partial charge in [0.1, 0.15) is 0 Å². The predicted molar refractivity (Wildman–Crippen MR) is 300 cm³/mol. The summed E-state index contributed by atoms with van der Waals surface area (Å²) in [7, 11) is 0. The number of fused-ring (bicyclic) bond motifs is 17.